The number of thiophene rings is 1. The molecule has 1 saturated heterocycles. The zero-order valence-corrected chi connectivity index (χ0v) is 13.9. The molecule has 0 saturated carbocycles. The first-order valence-electron chi connectivity index (χ1n) is 6.75. The van der Waals surface area contributed by atoms with Gasteiger partial charge in [0, 0.05) is 19.1 Å². The van der Waals surface area contributed by atoms with Crippen molar-refractivity contribution in [2.75, 3.05) is 19.6 Å². The summed E-state index contributed by atoms with van der Waals surface area (Å²) in [7, 11) is 0. The average Bonchev–Trinajstić information content (AvgIpc) is 2.92. The molecule has 0 spiro atoms. The molecule has 0 aliphatic carbocycles. The van der Waals surface area contributed by atoms with E-state index in [1.54, 1.807) is 11.0 Å². The van der Waals surface area contributed by atoms with Gasteiger partial charge in [-0.1, -0.05) is 19.9 Å². The van der Waals surface area contributed by atoms with Crippen molar-refractivity contribution >= 4 is 35.6 Å². The van der Waals surface area contributed by atoms with Crippen LogP contribution in [0.25, 0.3) is 0 Å². The van der Waals surface area contributed by atoms with E-state index in [1.807, 2.05) is 11.4 Å². The molecule has 7 heteroatoms. The van der Waals surface area contributed by atoms with Crippen LogP contribution in [0.2, 0.25) is 0 Å². The zero-order valence-electron chi connectivity index (χ0n) is 12.3. The Morgan fingerprint density at radius 3 is 2.81 bits per heavy atom. The number of likely N-dealkylation sites (tertiary alicyclic amines) is 1. The van der Waals surface area contributed by atoms with E-state index in [0.29, 0.717) is 18.0 Å². The molecule has 1 aromatic heterocycles. The number of rotatable bonds is 3. The van der Waals surface area contributed by atoms with E-state index < -0.39 is 0 Å². The molecule has 3 N–H and O–H groups in total. The Kier molecular flexibility index (Phi) is 6.19. The van der Waals surface area contributed by atoms with E-state index >= 15 is 0 Å². The second kappa shape index (κ2) is 7.24. The maximum atomic E-state index is 12.1. The van der Waals surface area contributed by atoms with Gasteiger partial charge in [-0.05, 0) is 23.3 Å². The SMILES string of the molecule is CC1(C)CN(C(=O)CNC(=O)c2cccs2)CCC1N.Cl. The molecule has 5 nitrogen and oxygen atoms in total. The third kappa shape index (κ3) is 4.43. The van der Waals surface area contributed by atoms with Crippen LogP contribution in [-0.4, -0.2) is 42.4 Å². The lowest BCUT2D eigenvalue weighted by Gasteiger charge is -2.42. The fourth-order valence-corrected chi connectivity index (χ4v) is 2.99. The van der Waals surface area contributed by atoms with E-state index in [-0.39, 0.29) is 42.2 Å². The van der Waals surface area contributed by atoms with Crippen LogP contribution in [0.1, 0.15) is 29.9 Å². The van der Waals surface area contributed by atoms with Gasteiger partial charge in [0.25, 0.3) is 5.91 Å². The van der Waals surface area contributed by atoms with Crippen molar-refractivity contribution in [3.63, 3.8) is 0 Å². The predicted molar refractivity (Wildman–Crippen MR) is 86.9 cm³/mol. The van der Waals surface area contributed by atoms with Crippen LogP contribution in [0.5, 0.6) is 0 Å². The Morgan fingerprint density at radius 2 is 2.24 bits per heavy atom. The monoisotopic (exact) mass is 331 g/mol. The van der Waals surface area contributed by atoms with Gasteiger partial charge in [-0.25, -0.2) is 0 Å². The number of carbonyl (C=O) groups excluding carboxylic acids is 2. The minimum absolute atomic E-state index is 0. The van der Waals surface area contributed by atoms with Crippen LogP contribution in [0.3, 0.4) is 0 Å². The highest BCUT2D eigenvalue weighted by molar-refractivity contribution is 7.12. The first kappa shape index (κ1) is 17.9. The summed E-state index contributed by atoms with van der Waals surface area (Å²) in [6.45, 7) is 5.49. The number of piperidine rings is 1. The number of nitrogens with zero attached hydrogens (tertiary/aromatic N) is 1. The maximum absolute atomic E-state index is 12.1. The zero-order chi connectivity index (χ0) is 14.8. The van der Waals surface area contributed by atoms with E-state index in [1.165, 1.54) is 11.3 Å². The molecule has 1 atom stereocenters. The Labute approximate surface area is 135 Å². The third-order valence-electron chi connectivity index (χ3n) is 3.81. The number of carbonyl (C=O) groups is 2. The van der Waals surface area contributed by atoms with Crippen LogP contribution in [0.15, 0.2) is 17.5 Å². The van der Waals surface area contributed by atoms with Crippen molar-refractivity contribution in [2.45, 2.75) is 26.3 Å². The van der Waals surface area contributed by atoms with E-state index in [0.717, 1.165) is 6.42 Å². The minimum atomic E-state index is -0.193. The molecule has 2 rings (SSSR count). The molecular formula is C14H22ClN3O2S. The smallest absolute Gasteiger partial charge is 0.261 e. The number of hydrogen-bond acceptors (Lipinski definition) is 4. The fourth-order valence-electron chi connectivity index (χ4n) is 2.35. The lowest BCUT2D eigenvalue weighted by molar-refractivity contribution is -0.133. The summed E-state index contributed by atoms with van der Waals surface area (Å²) in [6.07, 6.45) is 0.803. The quantitative estimate of drug-likeness (QED) is 0.881. The Hall–Kier alpha value is -1.11. The molecule has 1 aliphatic rings. The van der Waals surface area contributed by atoms with Crippen molar-refractivity contribution in [3.8, 4) is 0 Å². The fraction of sp³-hybridized carbons (Fsp3) is 0.571. The molecule has 2 amide bonds. The van der Waals surface area contributed by atoms with Gasteiger partial charge < -0.3 is 16.0 Å². The van der Waals surface area contributed by atoms with Crippen LogP contribution in [0.4, 0.5) is 0 Å². The molecule has 0 radical (unpaired) electrons. The molecule has 1 aliphatic heterocycles. The van der Waals surface area contributed by atoms with Crippen LogP contribution in [-0.2, 0) is 4.79 Å². The molecule has 0 aromatic carbocycles. The molecular weight excluding hydrogens is 310 g/mol. The summed E-state index contributed by atoms with van der Waals surface area (Å²) >= 11 is 1.36. The summed E-state index contributed by atoms with van der Waals surface area (Å²) < 4.78 is 0. The highest BCUT2D eigenvalue weighted by Crippen LogP contribution is 2.27. The van der Waals surface area contributed by atoms with Crippen LogP contribution < -0.4 is 11.1 Å². The first-order chi connectivity index (χ1) is 9.40. The standard InChI is InChI=1S/C14H21N3O2S.ClH/c1-14(2)9-17(6-5-11(14)15)12(18)8-16-13(19)10-4-3-7-20-10;/h3-4,7,11H,5-6,8-9,15H2,1-2H3,(H,16,19);1H. The number of nitrogens with one attached hydrogen (secondary N) is 1. The summed E-state index contributed by atoms with van der Waals surface area (Å²) in [4.78, 5) is 26.3. The van der Waals surface area contributed by atoms with Gasteiger partial charge in [-0.2, -0.15) is 0 Å². The van der Waals surface area contributed by atoms with Crippen molar-refractivity contribution < 1.29 is 9.59 Å². The van der Waals surface area contributed by atoms with Crippen molar-refractivity contribution in [3.05, 3.63) is 22.4 Å². The highest BCUT2D eigenvalue weighted by atomic mass is 35.5. The summed E-state index contributed by atoms with van der Waals surface area (Å²) in [5.74, 6) is -0.240. The van der Waals surface area contributed by atoms with Crippen LogP contribution in [0, 0.1) is 5.41 Å². The highest BCUT2D eigenvalue weighted by Gasteiger charge is 2.35. The summed E-state index contributed by atoms with van der Waals surface area (Å²) in [6, 6.07) is 3.68. The number of hydrogen-bond donors (Lipinski definition) is 2. The van der Waals surface area contributed by atoms with Crippen molar-refractivity contribution in [1.82, 2.24) is 10.2 Å². The van der Waals surface area contributed by atoms with Gasteiger partial charge in [0.05, 0.1) is 11.4 Å². The largest absolute Gasteiger partial charge is 0.342 e. The first-order valence-corrected chi connectivity index (χ1v) is 7.63. The topological polar surface area (TPSA) is 75.4 Å². The van der Waals surface area contributed by atoms with Gasteiger partial charge in [-0.3, -0.25) is 9.59 Å². The average molecular weight is 332 g/mol. The van der Waals surface area contributed by atoms with Gasteiger partial charge in [-0.15, -0.1) is 23.7 Å². The second-order valence-electron chi connectivity index (χ2n) is 5.86. The van der Waals surface area contributed by atoms with Crippen LogP contribution >= 0.6 is 23.7 Å². The van der Waals surface area contributed by atoms with Crippen molar-refractivity contribution in [2.24, 2.45) is 11.1 Å². The lowest BCUT2D eigenvalue weighted by atomic mass is 9.79. The van der Waals surface area contributed by atoms with E-state index in [4.69, 9.17) is 5.73 Å². The molecule has 0 bridgehead atoms. The van der Waals surface area contributed by atoms with Crippen molar-refractivity contribution in [1.29, 1.82) is 0 Å². The minimum Gasteiger partial charge on any atom is -0.342 e. The Bertz CT molecular complexity index is 490. The van der Waals surface area contributed by atoms with E-state index in [9.17, 15) is 9.59 Å². The Morgan fingerprint density at radius 1 is 1.52 bits per heavy atom. The Balaban J connectivity index is 0.00000220. The maximum Gasteiger partial charge on any atom is 0.261 e. The molecule has 21 heavy (non-hydrogen) atoms. The van der Waals surface area contributed by atoms with Gasteiger partial charge in [0.15, 0.2) is 0 Å². The summed E-state index contributed by atoms with van der Waals surface area (Å²) in [5.41, 5.74) is 5.98. The molecule has 118 valence electrons. The molecule has 1 unspecified atom stereocenters. The van der Waals surface area contributed by atoms with Gasteiger partial charge >= 0.3 is 0 Å². The third-order valence-corrected chi connectivity index (χ3v) is 4.68. The number of amides is 2. The molecule has 1 fully saturated rings. The van der Waals surface area contributed by atoms with E-state index in [2.05, 4.69) is 19.2 Å². The molecule has 2 heterocycles. The second-order valence-corrected chi connectivity index (χ2v) is 6.81. The van der Waals surface area contributed by atoms with Gasteiger partial charge in [0.1, 0.15) is 0 Å². The number of halogens is 1. The summed E-state index contributed by atoms with van der Waals surface area (Å²) in [5, 5.41) is 4.51. The lowest BCUT2D eigenvalue weighted by Crippen LogP contribution is -2.55. The molecule has 1 aromatic rings. The number of nitrogens with two attached hydrogens (primary N) is 1. The normalized spacial score (nSPS) is 20.5. The predicted octanol–water partition coefficient (Wildman–Crippen LogP) is 1.49. The van der Waals surface area contributed by atoms with Gasteiger partial charge in [0.2, 0.25) is 5.91 Å².